The summed E-state index contributed by atoms with van der Waals surface area (Å²) in [7, 11) is 0. The van der Waals surface area contributed by atoms with E-state index in [9.17, 15) is 14.4 Å². The summed E-state index contributed by atoms with van der Waals surface area (Å²) in [6.45, 7) is 1.72. The maximum atomic E-state index is 12.0. The van der Waals surface area contributed by atoms with E-state index in [1.807, 2.05) is 19.1 Å². The monoisotopic (exact) mass is 308 g/mol. The Morgan fingerprint density at radius 1 is 1.33 bits per heavy atom. The first-order valence-corrected chi connectivity index (χ1v) is 7.59. The van der Waals surface area contributed by atoms with Crippen LogP contribution in [0.4, 0.5) is 0 Å². The van der Waals surface area contributed by atoms with Crippen LogP contribution in [0.25, 0.3) is 0 Å². The topological polar surface area (TPSA) is 86.7 Å². The van der Waals surface area contributed by atoms with Crippen molar-refractivity contribution in [2.24, 2.45) is 0 Å². The van der Waals surface area contributed by atoms with Crippen molar-refractivity contribution in [2.45, 2.75) is 13.0 Å². The number of benzene rings is 1. The number of carbonyl (C=O) groups excluding carboxylic acids is 2. The van der Waals surface area contributed by atoms with Crippen molar-refractivity contribution in [3.63, 3.8) is 0 Å². The third kappa shape index (κ3) is 3.75. The van der Waals surface area contributed by atoms with Crippen LogP contribution in [0, 0.1) is 6.92 Å². The first-order chi connectivity index (χ1) is 9.99. The normalized spacial score (nSPS) is 17.6. The number of thioether (sulfide) groups is 1. The van der Waals surface area contributed by atoms with Gasteiger partial charge in [0.05, 0.1) is 12.4 Å². The molecule has 1 aromatic rings. The zero-order valence-electron chi connectivity index (χ0n) is 11.5. The number of carboxylic acid groups (broad SMARTS) is 1. The highest BCUT2D eigenvalue weighted by atomic mass is 32.2. The molecule has 1 heterocycles. The molecule has 2 N–H and O–H groups in total. The molecule has 0 aliphatic carbocycles. The zero-order chi connectivity index (χ0) is 15.4. The Bertz CT molecular complexity index is 559. The van der Waals surface area contributed by atoms with Crippen LogP contribution >= 0.6 is 11.8 Å². The Morgan fingerprint density at radius 3 is 2.62 bits per heavy atom. The zero-order valence-corrected chi connectivity index (χ0v) is 12.4. The van der Waals surface area contributed by atoms with Gasteiger partial charge in [-0.3, -0.25) is 9.59 Å². The van der Waals surface area contributed by atoms with Crippen LogP contribution in [-0.4, -0.2) is 52.0 Å². The second-order valence-electron chi connectivity index (χ2n) is 4.77. The third-order valence-electron chi connectivity index (χ3n) is 3.20. The molecule has 1 aliphatic rings. The Labute approximate surface area is 126 Å². The van der Waals surface area contributed by atoms with Crippen molar-refractivity contribution in [3.05, 3.63) is 35.4 Å². The molecule has 0 unspecified atom stereocenters. The van der Waals surface area contributed by atoms with E-state index < -0.39 is 12.0 Å². The van der Waals surface area contributed by atoms with Crippen molar-refractivity contribution in [3.8, 4) is 0 Å². The van der Waals surface area contributed by atoms with Gasteiger partial charge in [-0.05, 0) is 19.1 Å². The van der Waals surface area contributed by atoms with E-state index in [4.69, 9.17) is 5.11 Å². The lowest BCUT2D eigenvalue weighted by molar-refractivity contribution is -0.147. The van der Waals surface area contributed by atoms with Gasteiger partial charge in [0.25, 0.3) is 5.91 Å². The SMILES string of the molecule is Cc1ccc(C(=O)NCC(=O)N2CSC[C@H]2C(=O)O)cc1. The van der Waals surface area contributed by atoms with Crippen molar-refractivity contribution in [1.29, 1.82) is 0 Å². The van der Waals surface area contributed by atoms with Gasteiger partial charge < -0.3 is 15.3 Å². The number of aliphatic carboxylic acids is 1. The van der Waals surface area contributed by atoms with E-state index in [0.29, 0.717) is 17.2 Å². The van der Waals surface area contributed by atoms with E-state index in [0.717, 1.165) is 5.56 Å². The molecule has 1 fully saturated rings. The fourth-order valence-electron chi connectivity index (χ4n) is 1.96. The lowest BCUT2D eigenvalue weighted by Gasteiger charge is -2.20. The second-order valence-corrected chi connectivity index (χ2v) is 5.77. The van der Waals surface area contributed by atoms with E-state index in [1.54, 1.807) is 12.1 Å². The highest BCUT2D eigenvalue weighted by molar-refractivity contribution is 7.99. The molecule has 2 amide bonds. The van der Waals surface area contributed by atoms with E-state index in [-0.39, 0.29) is 18.4 Å². The summed E-state index contributed by atoms with van der Waals surface area (Å²) in [5.41, 5.74) is 1.51. The average Bonchev–Trinajstić information content (AvgIpc) is 2.95. The molecule has 1 aliphatic heterocycles. The summed E-state index contributed by atoms with van der Waals surface area (Å²) in [5.74, 6) is -1.02. The number of carbonyl (C=O) groups is 3. The fourth-order valence-corrected chi connectivity index (χ4v) is 3.13. The van der Waals surface area contributed by atoms with Crippen LogP contribution in [0.5, 0.6) is 0 Å². The molecule has 2 rings (SSSR count). The minimum Gasteiger partial charge on any atom is -0.480 e. The van der Waals surface area contributed by atoms with Crippen LogP contribution in [0.2, 0.25) is 0 Å². The quantitative estimate of drug-likeness (QED) is 0.855. The molecule has 1 aromatic carbocycles. The summed E-state index contributed by atoms with van der Waals surface area (Å²) in [6, 6.07) is 6.18. The first-order valence-electron chi connectivity index (χ1n) is 6.44. The van der Waals surface area contributed by atoms with E-state index >= 15 is 0 Å². The van der Waals surface area contributed by atoms with Gasteiger partial charge in [-0.1, -0.05) is 17.7 Å². The minimum absolute atomic E-state index is 0.197. The van der Waals surface area contributed by atoms with Gasteiger partial charge in [0.2, 0.25) is 5.91 Å². The van der Waals surface area contributed by atoms with Crippen LogP contribution in [0.3, 0.4) is 0 Å². The predicted molar refractivity (Wildman–Crippen MR) is 79.1 cm³/mol. The third-order valence-corrected chi connectivity index (χ3v) is 4.21. The molecule has 112 valence electrons. The summed E-state index contributed by atoms with van der Waals surface area (Å²) < 4.78 is 0. The van der Waals surface area contributed by atoms with Gasteiger partial charge in [0.15, 0.2) is 0 Å². The number of aryl methyl sites for hydroxylation is 1. The molecule has 0 bridgehead atoms. The van der Waals surface area contributed by atoms with E-state index in [2.05, 4.69) is 5.32 Å². The fraction of sp³-hybridized carbons (Fsp3) is 0.357. The molecule has 1 saturated heterocycles. The second kappa shape index (κ2) is 6.62. The van der Waals surface area contributed by atoms with Gasteiger partial charge in [0, 0.05) is 11.3 Å². The molecular formula is C14H16N2O4S. The van der Waals surface area contributed by atoms with Crippen molar-refractivity contribution >= 4 is 29.5 Å². The number of nitrogens with one attached hydrogen (secondary N) is 1. The first kappa shape index (κ1) is 15.4. The van der Waals surface area contributed by atoms with Crippen molar-refractivity contribution < 1.29 is 19.5 Å². The molecule has 0 aromatic heterocycles. The molecule has 7 heteroatoms. The Hall–Kier alpha value is -2.02. The summed E-state index contributed by atoms with van der Waals surface area (Å²) in [6.07, 6.45) is 0. The Balaban J connectivity index is 1.90. The van der Waals surface area contributed by atoms with E-state index in [1.165, 1.54) is 16.7 Å². The van der Waals surface area contributed by atoms with Gasteiger partial charge in [0.1, 0.15) is 6.04 Å². The maximum absolute atomic E-state index is 12.0. The molecule has 1 atom stereocenters. The summed E-state index contributed by atoms with van der Waals surface area (Å²) >= 11 is 1.39. The lowest BCUT2D eigenvalue weighted by Crippen LogP contribution is -2.46. The smallest absolute Gasteiger partial charge is 0.327 e. The number of hydrogen-bond donors (Lipinski definition) is 2. The predicted octanol–water partition coefficient (Wildman–Crippen LogP) is 0.711. The molecular weight excluding hydrogens is 292 g/mol. The highest BCUT2D eigenvalue weighted by Gasteiger charge is 2.34. The molecule has 0 saturated carbocycles. The van der Waals surface area contributed by atoms with Crippen molar-refractivity contribution in [2.75, 3.05) is 18.2 Å². The Morgan fingerprint density at radius 2 is 2.00 bits per heavy atom. The van der Waals surface area contributed by atoms with Crippen LogP contribution in [-0.2, 0) is 9.59 Å². The van der Waals surface area contributed by atoms with Crippen LogP contribution in [0.15, 0.2) is 24.3 Å². The molecule has 6 nitrogen and oxygen atoms in total. The number of carboxylic acids is 1. The largest absolute Gasteiger partial charge is 0.480 e. The lowest BCUT2D eigenvalue weighted by atomic mass is 10.1. The summed E-state index contributed by atoms with van der Waals surface area (Å²) in [5, 5.41) is 11.5. The van der Waals surface area contributed by atoms with Gasteiger partial charge in [-0.2, -0.15) is 0 Å². The minimum atomic E-state index is -1.02. The molecule has 0 radical (unpaired) electrons. The number of amides is 2. The van der Waals surface area contributed by atoms with Crippen molar-refractivity contribution in [1.82, 2.24) is 10.2 Å². The average molecular weight is 308 g/mol. The highest BCUT2D eigenvalue weighted by Crippen LogP contribution is 2.20. The number of nitrogens with zero attached hydrogens (tertiary/aromatic N) is 1. The molecule has 21 heavy (non-hydrogen) atoms. The van der Waals surface area contributed by atoms with Gasteiger partial charge in [-0.15, -0.1) is 11.8 Å². The van der Waals surface area contributed by atoms with Gasteiger partial charge in [-0.25, -0.2) is 4.79 Å². The summed E-state index contributed by atoms with van der Waals surface area (Å²) in [4.78, 5) is 36.2. The number of hydrogen-bond acceptors (Lipinski definition) is 4. The maximum Gasteiger partial charge on any atom is 0.327 e. The molecule has 0 spiro atoms. The van der Waals surface area contributed by atoms with Crippen LogP contribution < -0.4 is 5.32 Å². The van der Waals surface area contributed by atoms with Crippen LogP contribution in [0.1, 0.15) is 15.9 Å². The van der Waals surface area contributed by atoms with Gasteiger partial charge >= 0.3 is 5.97 Å². The number of rotatable bonds is 4. The standard InChI is InChI=1S/C14H16N2O4S/c1-9-2-4-10(5-3-9)13(18)15-6-12(17)16-8-21-7-11(16)14(19)20/h2-5,11H,6-8H2,1H3,(H,15,18)(H,19,20)/t11-/m0/s1. The Kier molecular flexibility index (Phi) is 4.85.